The molecule has 1 aliphatic rings. The normalized spacial score (nSPS) is 16.9. The fraction of sp³-hybridized carbons (Fsp3) is 0.409. The second-order valence-corrected chi connectivity index (χ2v) is 8.24. The summed E-state index contributed by atoms with van der Waals surface area (Å²) in [5.74, 6) is -0.129. The number of ether oxygens (including phenoxy) is 1. The molecule has 0 spiro atoms. The third-order valence-corrected chi connectivity index (χ3v) is 4.88. The lowest BCUT2D eigenvalue weighted by Crippen LogP contribution is -2.42. The molecule has 1 aliphatic heterocycles. The minimum atomic E-state index is -0.594. The van der Waals surface area contributed by atoms with Gasteiger partial charge in [0.15, 0.2) is 0 Å². The van der Waals surface area contributed by atoms with E-state index in [0.717, 1.165) is 12.8 Å². The van der Waals surface area contributed by atoms with Gasteiger partial charge in [-0.25, -0.2) is 4.79 Å². The molecule has 2 aromatic rings. The first-order chi connectivity index (χ1) is 13.7. The second kappa shape index (κ2) is 8.00. The molecular weight excluding hydrogens is 370 g/mol. The van der Waals surface area contributed by atoms with Gasteiger partial charge < -0.3 is 19.7 Å². The van der Waals surface area contributed by atoms with E-state index < -0.39 is 17.3 Å². The fourth-order valence-electron chi connectivity index (χ4n) is 3.59. The van der Waals surface area contributed by atoms with E-state index in [1.165, 1.54) is 6.07 Å². The molecule has 1 atom stereocenters. The quantitative estimate of drug-likeness (QED) is 0.806. The monoisotopic (exact) mass is 395 g/mol. The van der Waals surface area contributed by atoms with Gasteiger partial charge in [-0.15, -0.1) is 0 Å². The molecule has 29 heavy (non-hydrogen) atoms. The number of nitrogens with one attached hydrogen (secondary N) is 1. The van der Waals surface area contributed by atoms with Gasteiger partial charge in [0.25, 0.3) is 5.56 Å². The minimum Gasteiger partial charge on any atom is -0.507 e. The van der Waals surface area contributed by atoms with Gasteiger partial charge in [0, 0.05) is 24.6 Å². The van der Waals surface area contributed by atoms with E-state index in [9.17, 15) is 20.0 Å². The summed E-state index contributed by atoms with van der Waals surface area (Å²) in [5.41, 5.74) is 0.455. The van der Waals surface area contributed by atoms with Crippen molar-refractivity contribution in [2.45, 2.75) is 45.1 Å². The summed E-state index contributed by atoms with van der Waals surface area (Å²) in [6.07, 6.45) is 1.09. The standard InChI is InChI=1S/C22H25N3O4/c1-22(2,3)29-21(28)25-10-6-7-14(13-25)16-11-18(24-20(27)17(16)12-23)15-8-4-5-9-19(15)26/h4-5,8-9,11,14,26H,6-7,10,13H2,1-3H3,(H,24,27). The van der Waals surface area contributed by atoms with Crippen molar-refractivity contribution >= 4 is 6.09 Å². The molecule has 1 aromatic carbocycles. The van der Waals surface area contributed by atoms with Crippen molar-refractivity contribution in [3.8, 4) is 23.1 Å². The van der Waals surface area contributed by atoms with Crippen LogP contribution in [0.3, 0.4) is 0 Å². The number of benzene rings is 1. The van der Waals surface area contributed by atoms with Crippen molar-refractivity contribution < 1.29 is 14.6 Å². The highest BCUT2D eigenvalue weighted by molar-refractivity contribution is 5.69. The summed E-state index contributed by atoms with van der Waals surface area (Å²) in [7, 11) is 0. The first-order valence-corrected chi connectivity index (χ1v) is 9.63. The highest BCUT2D eigenvalue weighted by Gasteiger charge is 2.30. The molecule has 1 fully saturated rings. The van der Waals surface area contributed by atoms with Crippen molar-refractivity contribution in [2.24, 2.45) is 0 Å². The number of carbonyl (C=O) groups excluding carboxylic acids is 1. The second-order valence-electron chi connectivity index (χ2n) is 8.24. The van der Waals surface area contributed by atoms with Gasteiger partial charge in [-0.3, -0.25) is 4.79 Å². The molecule has 2 heterocycles. The van der Waals surface area contributed by atoms with Crippen LogP contribution in [-0.4, -0.2) is 39.8 Å². The van der Waals surface area contributed by atoms with Crippen LogP contribution < -0.4 is 5.56 Å². The summed E-state index contributed by atoms with van der Waals surface area (Å²) >= 11 is 0. The number of para-hydroxylation sites is 1. The number of pyridine rings is 1. The van der Waals surface area contributed by atoms with E-state index in [2.05, 4.69) is 4.98 Å². The zero-order chi connectivity index (χ0) is 21.2. The predicted molar refractivity (Wildman–Crippen MR) is 109 cm³/mol. The van der Waals surface area contributed by atoms with Gasteiger partial charge in [-0.2, -0.15) is 5.26 Å². The van der Waals surface area contributed by atoms with Crippen molar-refractivity contribution in [3.05, 3.63) is 51.8 Å². The largest absolute Gasteiger partial charge is 0.507 e. The van der Waals surface area contributed by atoms with E-state index in [4.69, 9.17) is 4.74 Å². The Morgan fingerprint density at radius 2 is 2.07 bits per heavy atom. The average molecular weight is 395 g/mol. The molecule has 152 valence electrons. The highest BCUT2D eigenvalue weighted by Crippen LogP contribution is 2.33. The summed E-state index contributed by atoms with van der Waals surface area (Å²) in [6, 6.07) is 10.4. The van der Waals surface area contributed by atoms with E-state index >= 15 is 0 Å². The van der Waals surface area contributed by atoms with E-state index in [1.807, 2.05) is 26.8 Å². The number of rotatable bonds is 2. The number of amides is 1. The Labute approximate surface area is 169 Å². The molecule has 1 aromatic heterocycles. The SMILES string of the molecule is CC(C)(C)OC(=O)N1CCCC(c2cc(-c3ccccc3O)[nH]c(=O)c2C#N)C1. The maximum absolute atomic E-state index is 12.6. The number of nitriles is 1. The molecular formula is C22H25N3O4. The Balaban J connectivity index is 1.97. The molecule has 1 unspecified atom stereocenters. The number of aromatic nitrogens is 1. The van der Waals surface area contributed by atoms with Crippen molar-refractivity contribution in [1.82, 2.24) is 9.88 Å². The van der Waals surface area contributed by atoms with Crippen LogP contribution in [0.4, 0.5) is 4.79 Å². The van der Waals surface area contributed by atoms with Gasteiger partial charge in [-0.05, 0) is 57.4 Å². The Morgan fingerprint density at radius 3 is 2.72 bits per heavy atom. The summed E-state index contributed by atoms with van der Waals surface area (Å²) in [4.78, 5) is 29.4. The first kappa shape index (κ1) is 20.5. The van der Waals surface area contributed by atoms with Gasteiger partial charge >= 0.3 is 6.09 Å². The zero-order valence-corrected chi connectivity index (χ0v) is 16.9. The van der Waals surface area contributed by atoms with Crippen LogP contribution >= 0.6 is 0 Å². The van der Waals surface area contributed by atoms with Crippen LogP contribution in [0.2, 0.25) is 0 Å². The molecule has 1 saturated heterocycles. The van der Waals surface area contributed by atoms with Crippen LogP contribution in [-0.2, 0) is 4.74 Å². The number of phenols is 1. The lowest BCUT2D eigenvalue weighted by Gasteiger charge is -2.34. The maximum Gasteiger partial charge on any atom is 0.410 e. The van der Waals surface area contributed by atoms with Crippen LogP contribution in [0.5, 0.6) is 5.75 Å². The van der Waals surface area contributed by atoms with Crippen LogP contribution in [0.15, 0.2) is 35.1 Å². The van der Waals surface area contributed by atoms with Gasteiger partial charge in [0.05, 0.1) is 5.69 Å². The predicted octanol–water partition coefficient (Wildman–Crippen LogP) is 3.73. The number of nitrogens with zero attached hydrogens (tertiary/aromatic N) is 2. The van der Waals surface area contributed by atoms with Crippen LogP contribution in [0.25, 0.3) is 11.3 Å². The molecule has 7 nitrogen and oxygen atoms in total. The molecule has 2 N–H and O–H groups in total. The van der Waals surface area contributed by atoms with Crippen molar-refractivity contribution in [1.29, 1.82) is 5.26 Å². The molecule has 1 amide bonds. The maximum atomic E-state index is 12.6. The number of aromatic hydroxyl groups is 1. The van der Waals surface area contributed by atoms with Crippen LogP contribution in [0, 0.1) is 11.3 Å². The highest BCUT2D eigenvalue weighted by atomic mass is 16.6. The number of hydrogen-bond donors (Lipinski definition) is 2. The third-order valence-electron chi connectivity index (χ3n) is 4.88. The fourth-order valence-corrected chi connectivity index (χ4v) is 3.59. The third kappa shape index (κ3) is 4.60. The Bertz CT molecular complexity index is 1010. The number of hydrogen-bond acceptors (Lipinski definition) is 5. The average Bonchev–Trinajstić information content (AvgIpc) is 2.66. The number of H-pyrrole nitrogens is 1. The van der Waals surface area contributed by atoms with Crippen LogP contribution in [0.1, 0.15) is 50.7 Å². The zero-order valence-electron chi connectivity index (χ0n) is 16.9. The van der Waals surface area contributed by atoms with Gasteiger partial charge in [0.2, 0.25) is 0 Å². The molecule has 0 saturated carbocycles. The Kier molecular flexibility index (Phi) is 5.64. The van der Waals surface area contributed by atoms with Gasteiger partial charge in [-0.1, -0.05) is 12.1 Å². The first-order valence-electron chi connectivity index (χ1n) is 9.63. The Morgan fingerprint density at radius 1 is 1.34 bits per heavy atom. The number of carbonyl (C=O) groups is 1. The van der Waals surface area contributed by atoms with Gasteiger partial charge in [0.1, 0.15) is 23.0 Å². The summed E-state index contributed by atoms with van der Waals surface area (Å²) < 4.78 is 5.47. The number of likely N-dealkylation sites (tertiary alicyclic amines) is 1. The minimum absolute atomic E-state index is 0.0397. The van der Waals surface area contributed by atoms with Crippen molar-refractivity contribution in [3.63, 3.8) is 0 Å². The van der Waals surface area contributed by atoms with E-state index in [1.54, 1.807) is 29.2 Å². The smallest absolute Gasteiger partial charge is 0.410 e. The lowest BCUT2D eigenvalue weighted by molar-refractivity contribution is 0.0198. The summed E-state index contributed by atoms with van der Waals surface area (Å²) in [5, 5.41) is 19.7. The van der Waals surface area contributed by atoms with E-state index in [0.29, 0.717) is 29.9 Å². The topological polar surface area (TPSA) is 106 Å². The molecule has 0 radical (unpaired) electrons. The molecule has 0 bridgehead atoms. The van der Waals surface area contributed by atoms with Crippen molar-refractivity contribution in [2.75, 3.05) is 13.1 Å². The van der Waals surface area contributed by atoms with E-state index in [-0.39, 0.29) is 17.2 Å². The number of phenolic OH excluding ortho intramolecular Hbond substituents is 1. The Hall–Kier alpha value is -3.27. The number of aromatic amines is 1. The number of piperidine rings is 1. The summed E-state index contributed by atoms with van der Waals surface area (Å²) in [6.45, 7) is 6.39. The lowest BCUT2D eigenvalue weighted by atomic mass is 9.87. The molecule has 7 heteroatoms. The molecule has 3 rings (SSSR count). The molecule has 0 aliphatic carbocycles.